The predicted molar refractivity (Wildman–Crippen MR) is 105 cm³/mol. The van der Waals surface area contributed by atoms with Crippen LogP contribution in [0.15, 0.2) is 42.5 Å². The van der Waals surface area contributed by atoms with Crippen LogP contribution in [-0.4, -0.2) is 31.5 Å². The van der Waals surface area contributed by atoms with E-state index in [2.05, 4.69) is 5.32 Å². The number of carbonyl (C=O) groups excluding carboxylic acids is 1. The number of para-hydroxylation sites is 1. The number of nitro groups is 1. The van der Waals surface area contributed by atoms with E-state index < -0.39 is 32.7 Å². The zero-order chi connectivity index (χ0) is 21.1. The first-order valence-corrected chi connectivity index (χ1v) is 10.3. The van der Waals surface area contributed by atoms with Crippen LogP contribution in [0.2, 0.25) is 5.02 Å². The van der Waals surface area contributed by atoms with E-state index in [4.69, 9.17) is 11.6 Å². The van der Waals surface area contributed by atoms with Crippen LogP contribution in [0.4, 0.5) is 21.5 Å². The molecule has 0 spiro atoms. The summed E-state index contributed by atoms with van der Waals surface area (Å²) in [4.78, 5) is 23.0. The summed E-state index contributed by atoms with van der Waals surface area (Å²) in [5, 5.41) is 13.4. The number of carbonyl (C=O) groups is 1. The number of nitro benzene ring substituents is 1. The number of benzene rings is 2. The largest absolute Gasteiger partial charge is 0.323 e. The van der Waals surface area contributed by atoms with Gasteiger partial charge in [0.25, 0.3) is 5.69 Å². The fraction of sp³-hybridized carbons (Fsp3) is 0.235. The lowest BCUT2D eigenvalue weighted by molar-refractivity contribution is -0.384. The van der Waals surface area contributed by atoms with Crippen molar-refractivity contribution in [1.82, 2.24) is 0 Å². The van der Waals surface area contributed by atoms with Crippen LogP contribution in [0, 0.1) is 15.9 Å². The lowest BCUT2D eigenvalue weighted by Gasteiger charge is -2.30. The van der Waals surface area contributed by atoms with Crippen LogP contribution in [-0.2, 0) is 14.8 Å². The van der Waals surface area contributed by atoms with E-state index in [1.165, 1.54) is 24.3 Å². The van der Waals surface area contributed by atoms with E-state index >= 15 is 0 Å². The Kier molecular flexibility index (Phi) is 6.57. The number of sulfonamides is 1. The predicted octanol–water partition coefficient (Wildman–Crippen LogP) is 3.57. The Hall–Kier alpha value is -2.72. The Bertz CT molecular complexity index is 1020. The monoisotopic (exact) mass is 429 g/mol. The molecule has 0 aliphatic heterocycles. The van der Waals surface area contributed by atoms with E-state index in [0.717, 1.165) is 24.5 Å². The van der Waals surface area contributed by atoms with Gasteiger partial charge >= 0.3 is 0 Å². The van der Waals surface area contributed by atoms with Crippen molar-refractivity contribution in [3.05, 3.63) is 63.4 Å². The van der Waals surface area contributed by atoms with Gasteiger partial charge in [-0.05, 0) is 24.6 Å². The molecule has 150 valence electrons. The number of rotatable bonds is 7. The second-order valence-electron chi connectivity index (χ2n) is 5.84. The molecule has 0 unspecified atom stereocenters. The van der Waals surface area contributed by atoms with Crippen molar-refractivity contribution in [1.29, 1.82) is 0 Å². The van der Waals surface area contributed by atoms with Crippen LogP contribution < -0.4 is 9.62 Å². The molecule has 0 aliphatic carbocycles. The average Bonchev–Trinajstić information content (AvgIpc) is 2.61. The fourth-order valence-corrected chi connectivity index (χ4v) is 3.98. The molecule has 8 nitrogen and oxygen atoms in total. The molecule has 0 saturated carbocycles. The van der Waals surface area contributed by atoms with Crippen LogP contribution in [0.25, 0.3) is 0 Å². The maximum absolute atomic E-state index is 14.2. The number of halogens is 2. The molecule has 0 aliphatic rings. The molecule has 1 amide bonds. The summed E-state index contributed by atoms with van der Waals surface area (Å²) in [7, 11) is -4.03. The highest BCUT2D eigenvalue weighted by Gasteiger charge is 2.33. The first kappa shape index (κ1) is 21.6. The number of nitrogens with zero attached hydrogens (tertiary/aromatic N) is 2. The molecule has 2 aromatic rings. The Morgan fingerprint density at radius 3 is 2.50 bits per heavy atom. The molecule has 0 saturated heterocycles. The summed E-state index contributed by atoms with van der Waals surface area (Å²) in [5.41, 5.74) is -0.639. The first-order valence-electron chi connectivity index (χ1n) is 8.05. The van der Waals surface area contributed by atoms with Gasteiger partial charge in [0.15, 0.2) is 0 Å². The molecule has 0 bridgehead atoms. The molecule has 1 atom stereocenters. The van der Waals surface area contributed by atoms with Gasteiger partial charge in [0.05, 0.1) is 27.6 Å². The molecule has 0 fully saturated rings. The number of non-ortho nitro benzene ring substituents is 1. The van der Waals surface area contributed by atoms with Gasteiger partial charge in [-0.3, -0.25) is 19.2 Å². The van der Waals surface area contributed by atoms with Crippen molar-refractivity contribution < 1.29 is 22.5 Å². The summed E-state index contributed by atoms with van der Waals surface area (Å²) in [6.45, 7) is 1.55. The zero-order valence-electron chi connectivity index (χ0n) is 14.9. The van der Waals surface area contributed by atoms with Gasteiger partial charge in [-0.2, -0.15) is 0 Å². The van der Waals surface area contributed by atoms with Gasteiger partial charge in [-0.1, -0.05) is 30.7 Å². The molecule has 2 aromatic carbocycles. The van der Waals surface area contributed by atoms with Gasteiger partial charge in [0, 0.05) is 12.1 Å². The third-order valence-corrected chi connectivity index (χ3v) is 5.33. The Balaban J connectivity index is 2.45. The Morgan fingerprint density at radius 1 is 1.32 bits per heavy atom. The van der Waals surface area contributed by atoms with Crippen molar-refractivity contribution >= 4 is 44.6 Å². The van der Waals surface area contributed by atoms with Crippen LogP contribution in [0.1, 0.15) is 13.3 Å². The number of nitrogens with one attached hydrogen (secondary N) is 1. The third-order valence-electron chi connectivity index (χ3n) is 3.84. The number of hydrogen-bond donors (Lipinski definition) is 1. The first-order chi connectivity index (χ1) is 13.1. The van der Waals surface area contributed by atoms with Crippen molar-refractivity contribution in [2.75, 3.05) is 15.9 Å². The molecule has 11 heteroatoms. The number of hydrogen-bond acceptors (Lipinski definition) is 5. The molecule has 0 radical (unpaired) electrons. The number of anilines is 2. The van der Waals surface area contributed by atoms with E-state index in [-0.39, 0.29) is 28.5 Å². The Morgan fingerprint density at radius 2 is 1.96 bits per heavy atom. The van der Waals surface area contributed by atoms with Gasteiger partial charge in [0.2, 0.25) is 15.9 Å². The summed E-state index contributed by atoms with van der Waals surface area (Å²) < 4.78 is 39.5. The standard InChI is InChI=1S/C17H17ClFN3O5S/c1-3-15(21(28(2,26)27)16-7-5-4-6-13(16)19)17(23)20-14-10-11(22(24)25)8-9-12(14)18/h4-10,15H,3H2,1-2H3,(H,20,23)/t15-/m0/s1. The minimum absolute atomic E-state index is 0.0137. The summed E-state index contributed by atoms with van der Waals surface area (Å²) >= 11 is 5.98. The highest BCUT2D eigenvalue weighted by Crippen LogP contribution is 2.29. The zero-order valence-corrected chi connectivity index (χ0v) is 16.5. The minimum Gasteiger partial charge on any atom is -0.323 e. The number of amides is 1. The Labute approximate surface area is 166 Å². The topological polar surface area (TPSA) is 110 Å². The average molecular weight is 430 g/mol. The normalized spacial score (nSPS) is 12.3. The quantitative estimate of drug-likeness (QED) is 0.534. The summed E-state index contributed by atoms with van der Waals surface area (Å²) in [6.07, 6.45) is 0.871. The minimum atomic E-state index is -4.03. The van der Waals surface area contributed by atoms with E-state index in [9.17, 15) is 27.7 Å². The van der Waals surface area contributed by atoms with Crippen LogP contribution in [0.5, 0.6) is 0 Å². The lowest BCUT2D eigenvalue weighted by atomic mass is 10.1. The van der Waals surface area contributed by atoms with Crippen molar-refractivity contribution in [2.24, 2.45) is 0 Å². The third kappa shape index (κ3) is 4.76. The lowest BCUT2D eigenvalue weighted by Crippen LogP contribution is -2.47. The van der Waals surface area contributed by atoms with Gasteiger partial charge in [-0.25, -0.2) is 12.8 Å². The van der Waals surface area contributed by atoms with Gasteiger partial charge < -0.3 is 5.32 Å². The summed E-state index contributed by atoms with van der Waals surface area (Å²) in [6, 6.07) is 7.31. The molecular weight excluding hydrogens is 413 g/mol. The molecule has 1 N–H and O–H groups in total. The van der Waals surface area contributed by atoms with Gasteiger partial charge in [0.1, 0.15) is 11.9 Å². The smallest absolute Gasteiger partial charge is 0.271 e. The second-order valence-corrected chi connectivity index (χ2v) is 8.11. The van der Waals surface area contributed by atoms with Crippen molar-refractivity contribution in [3.8, 4) is 0 Å². The maximum atomic E-state index is 14.2. The van der Waals surface area contributed by atoms with E-state index in [1.807, 2.05) is 0 Å². The van der Waals surface area contributed by atoms with E-state index in [0.29, 0.717) is 4.31 Å². The SMILES string of the molecule is CC[C@@H](C(=O)Nc1cc([N+](=O)[O-])ccc1Cl)N(c1ccccc1F)S(C)(=O)=O. The van der Waals surface area contributed by atoms with Gasteiger partial charge in [-0.15, -0.1) is 0 Å². The van der Waals surface area contributed by atoms with E-state index in [1.54, 1.807) is 6.92 Å². The highest BCUT2D eigenvalue weighted by molar-refractivity contribution is 7.92. The molecule has 28 heavy (non-hydrogen) atoms. The molecular formula is C17H17ClFN3O5S. The molecule has 0 heterocycles. The van der Waals surface area contributed by atoms with Crippen LogP contribution in [0.3, 0.4) is 0 Å². The highest BCUT2D eigenvalue weighted by atomic mass is 35.5. The second kappa shape index (κ2) is 8.53. The molecule has 2 rings (SSSR count). The molecule has 0 aromatic heterocycles. The summed E-state index contributed by atoms with van der Waals surface area (Å²) in [5.74, 6) is -1.62. The van der Waals surface area contributed by atoms with Crippen molar-refractivity contribution in [2.45, 2.75) is 19.4 Å². The van der Waals surface area contributed by atoms with Crippen LogP contribution >= 0.6 is 11.6 Å². The van der Waals surface area contributed by atoms with Crippen molar-refractivity contribution in [3.63, 3.8) is 0 Å². The fourth-order valence-electron chi connectivity index (χ4n) is 2.60. The maximum Gasteiger partial charge on any atom is 0.271 e.